The van der Waals surface area contributed by atoms with Crippen LogP contribution in [0.2, 0.25) is 0 Å². The van der Waals surface area contributed by atoms with Gasteiger partial charge >= 0.3 is 0 Å². The normalized spacial score (nSPS) is 10.0. The summed E-state index contributed by atoms with van der Waals surface area (Å²) in [6, 6.07) is 0. The first-order valence-electron chi connectivity index (χ1n) is 5.14. The molecule has 1 N–H and O–H groups in total. The fourth-order valence-corrected chi connectivity index (χ4v) is 1.47. The van der Waals surface area contributed by atoms with Crippen LogP contribution in [0, 0.1) is 0 Å². The Bertz CT molecular complexity index is 128. The fraction of sp³-hybridized carbons (Fsp3) is 0.900. The van der Waals surface area contributed by atoms with E-state index in [1.165, 1.54) is 6.42 Å². The monoisotopic (exact) mass is 249 g/mol. The second-order valence-electron chi connectivity index (χ2n) is 3.20. The summed E-state index contributed by atoms with van der Waals surface area (Å²) >= 11 is 3.36. The van der Waals surface area contributed by atoms with Crippen LogP contribution in [0.1, 0.15) is 45.4 Å². The summed E-state index contributed by atoms with van der Waals surface area (Å²) in [7, 11) is 0. The Labute approximate surface area is 89.6 Å². The van der Waals surface area contributed by atoms with Crippen molar-refractivity contribution in [2.24, 2.45) is 0 Å². The summed E-state index contributed by atoms with van der Waals surface area (Å²) in [6.45, 7) is 2.98. The zero-order valence-corrected chi connectivity index (χ0v) is 10.0. The van der Waals surface area contributed by atoms with Crippen molar-refractivity contribution >= 4 is 21.8 Å². The molecule has 0 fully saturated rings. The number of carbonyl (C=O) groups is 1. The smallest absolute Gasteiger partial charge is 0.219 e. The third kappa shape index (κ3) is 9.87. The van der Waals surface area contributed by atoms with Crippen LogP contribution in [0.25, 0.3) is 0 Å². The van der Waals surface area contributed by atoms with Crippen molar-refractivity contribution in [3.63, 3.8) is 0 Å². The lowest BCUT2D eigenvalue weighted by molar-refractivity contribution is -0.121. The number of alkyl halides is 1. The van der Waals surface area contributed by atoms with Gasteiger partial charge in [0.1, 0.15) is 0 Å². The largest absolute Gasteiger partial charge is 0.356 e. The number of nitrogens with one attached hydrogen (secondary N) is 1. The highest BCUT2D eigenvalue weighted by molar-refractivity contribution is 9.09. The van der Waals surface area contributed by atoms with Gasteiger partial charge in [-0.3, -0.25) is 4.79 Å². The Morgan fingerprint density at radius 3 is 2.62 bits per heavy atom. The molecule has 0 aliphatic heterocycles. The van der Waals surface area contributed by atoms with Crippen molar-refractivity contribution in [1.29, 1.82) is 0 Å². The molecule has 0 rings (SSSR count). The highest BCUT2D eigenvalue weighted by Crippen LogP contribution is 1.98. The summed E-state index contributed by atoms with van der Waals surface area (Å²) in [5.74, 6) is 0.211. The second-order valence-corrected chi connectivity index (χ2v) is 4.00. The van der Waals surface area contributed by atoms with Gasteiger partial charge in [0.25, 0.3) is 0 Å². The van der Waals surface area contributed by atoms with Crippen LogP contribution in [-0.2, 0) is 4.79 Å². The third-order valence-corrected chi connectivity index (χ3v) is 2.45. The number of carbonyl (C=O) groups excluding carboxylic acids is 1. The van der Waals surface area contributed by atoms with E-state index in [2.05, 4.69) is 28.2 Å². The first-order valence-corrected chi connectivity index (χ1v) is 6.26. The minimum absolute atomic E-state index is 0.211. The number of rotatable bonds is 8. The zero-order valence-electron chi connectivity index (χ0n) is 8.44. The lowest BCUT2D eigenvalue weighted by Crippen LogP contribution is -2.23. The highest BCUT2D eigenvalue weighted by Gasteiger charge is 1.98. The Kier molecular flexibility index (Phi) is 10.00. The Morgan fingerprint density at radius 2 is 2.00 bits per heavy atom. The van der Waals surface area contributed by atoms with Crippen molar-refractivity contribution in [3.8, 4) is 0 Å². The van der Waals surface area contributed by atoms with Gasteiger partial charge in [-0.05, 0) is 19.3 Å². The molecule has 3 heteroatoms. The van der Waals surface area contributed by atoms with Gasteiger partial charge < -0.3 is 5.32 Å². The molecular weight excluding hydrogens is 230 g/mol. The molecule has 0 saturated carbocycles. The van der Waals surface area contributed by atoms with Gasteiger partial charge in [0.2, 0.25) is 5.91 Å². The van der Waals surface area contributed by atoms with E-state index < -0.39 is 0 Å². The van der Waals surface area contributed by atoms with Crippen LogP contribution >= 0.6 is 15.9 Å². The van der Waals surface area contributed by atoms with E-state index in [-0.39, 0.29) is 5.91 Å². The maximum Gasteiger partial charge on any atom is 0.219 e. The molecule has 0 aromatic rings. The average molecular weight is 250 g/mol. The van der Waals surface area contributed by atoms with Crippen LogP contribution in [0.3, 0.4) is 0 Å². The predicted molar refractivity (Wildman–Crippen MR) is 60.2 cm³/mol. The van der Waals surface area contributed by atoms with Crippen molar-refractivity contribution in [3.05, 3.63) is 0 Å². The SMILES string of the molecule is CCCCCC(=O)NCCCCBr. The summed E-state index contributed by atoms with van der Waals surface area (Å²) in [5, 5.41) is 3.94. The van der Waals surface area contributed by atoms with Gasteiger partial charge in [0.15, 0.2) is 0 Å². The molecule has 0 spiro atoms. The van der Waals surface area contributed by atoms with Gasteiger partial charge in [-0.15, -0.1) is 0 Å². The van der Waals surface area contributed by atoms with E-state index in [1.54, 1.807) is 0 Å². The highest BCUT2D eigenvalue weighted by atomic mass is 79.9. The van der Waals surface area contributed by atoms with Crippen molar-refractivity contribution < 1.29 is 4.79 Å². The Morgan fingerprint density at radius 1 is 1.23 bits per heavy atom. The number of hydrogen-bond donors (Lipinski definition) is 1. The Balaban J connectivity index is 3.11. The topological polar surface area (TPSA) is 29.1 Å². The van der Waals surface area contributed by atoms with Crippen LogP contribution in [0.4, 0.5) is 0 Å². The molecular formula is C10H20BrNO. The minimum atomic E-state index is 0.211. The van der Waals surface area contributed by atoms with E-state index in [0.29, 0.717) is 6.42 Å². The number of amides is 1. The third-order valence-electron chi connectivity index (χ3n) is 1.89. The van der Waals surface area contributed by atoms with Gasteiger partial charge in [-0.1, -0.05) is 35.7 Å². The number of unbranched alkanes of at least 4 members (excludes halogenated alkanes) is 3. The van der Waals surface area contributed by atoms with E-state index in [9.17, 15) is 4.79 Å². The fourth-order valence-electron chi connectivity index (χ4n) is 1.07. The summed E-state index contributed by atoms with van der Waals surface area (Å²) in [6.07, 6.45) is 6.27. The number of hydrogen-bond acceptors (Lipinski definition) is 1. The van der Waals surface area contributed by atoms with Gasteiger partial charge in [-0.25, -0.2) is 0 Å². The summed E-state index contributed by atoms with van der Waals surface area (Å²) in [5.41, 5.74) is 0. The molecule has 0 radical (unpaired) electrons. The molecule has 0 atom stereocenters. The molecule has 0 bridgehead atoms. The molecule has 0 saturated heterocycles. The molecule has 1 amide bonds. The molecule has 78 valence electrons. The van der Waals surface area contributed by atoms with E-state index in [4.69, 9.17) is 0 Å². The average Bonchev–Trinajstić information content (AvgIpc) is 2.13. The molecule has 0 aliphatic carbocycles. The standard InChI is InChI=1S/C10H20BrNO/c1-2-3-4-7-10(13)12-9-6-5-8-11/h2-9H2,1H3,(H,12,13). The molecule has 0 aromatic carbocycles. The van der Waals surface area contributed by atoms with Crippen LogP contribution in [0.5, 0.6) is 0 Å². The first kappa shape index (κ1) is 12.9. The predicted octanol–water partition coefficient (Wildman–Crippen LogP) is 2.86. The van der Waals surface area contributed by atoms with Crippen molar-refractivity contribution in [1.82, 2.24) is 5.32 Å². The van der Waals surface area contributed by atoms with Crippen molar-refractivity contribution in [2.45, 2.75) is 45.4 Å². The molecule has 0 aliphatic rings. The maximum atomic E-state index is 11.2. The second kappa shape index (κ2) is 10.0. The number of halogens is 1. The van der Waals surface area contributed by atoms with E-state index in [1.807, 2.05) is 0 Å². The molecule has 0 heterocycles. The molecule has 13 heavy (non-hydrogen) atoms. The van der Waals surface area contributed by atoms with Crippen LogP contribution in [0.15, 0.2) is 0 Å². The molecule has 0 aromatic heterocycles. The molecule has 2 nitrogen and oxygen atoms in total. The summed E-state index contributed by atoms with van der Waals surface area (Å²) < 4.78 is 0. The first-order chi connectivity index (χ1) is 6.31. The van der Waals surface area contributed by atoms with E-state index >= 15 is 0 Å². The molecule has 0 unspecified atom stereocenters. The van der Waals surface area contributed by atoms with Gasteiger partial charge in [0, 0.05) is 18.3 Å². The lowest BCUT2D eigenvalue weighted by atomic mass is 10.2. The van der Waals surface area contributed by atoms with E-state index in [0.717, 1.165) is 37.6 Å². The van der Waals surface area contributed by atoms with Crippen LogP contribution < -0.4 is 5.32 Å². The maximum absolute atomic E-state index is 11.2. The Hall–Kier alpha value is -0.0500. The van der Waals surface area contributed by atoms with Gasteiger partial charge in [0.05, 0.1) is 0 Å². The minimum Gasteiger partial charge on any atom is -0.356 e. The quantitative estimate of drug-likeness (QED) is 0.521. The van der Waals surface area contributed by atoms with Crippen molar-refractivity contribution in [2.75, 3.05) is 11.9 Å². The zero-order chi connectivity index (χ0) is 9.94. The van der Waals surface area contributed by atoms with Crippen LogP contribution in [-0.4, -0.2) is 17.8 Å². The summed E-state index contributed by atoms with van der Waals surface area (Å²) in [4.78, 5) is 11.2. The van der Waals surface area contributed by atoms with Gasteiger partial charge in [-0.2, -0.15) is 0 Å². The lowest BCUT2D eigenvalue weighted by Gasteiger charge is -2.03.